The van der Waals surface area contributed by atoms with Crippen LogP contribution in [0.1, 0.15) is 32.1 Å². The van der Waals surface area contributed by atoms with Gasteiger partial charge in [0.2, 0.25) is 5.91 Å². The number of rotatable bonds is 8. The Kier molecular flexibility index (Phi) is 7.61. The molecule has 116 valence electrons. The molecule has 1 amide bonds. The highest BCUT2D eigenvalue weighted by molar-refractivity contribution is 9.10. The maximum Gasteiger partial charge on any atom is 0.221 e. The molecule has 0 aromatic heterocycles. The molecule has 2 rings (SSSR count). The molecule has 1 aromatic carbocycles. The van der Waals surface area contributed by atoms with Crippen molar-refractivity contribution in [3.63, 3.8) is 0 Å². The van der Waals surface area contributed by atoms with Crippen LogP contribution in [0.5, 0.6) is 0 Å². The second-order valence-electron chi connectivity index (χ2n) is 5.33. The van der Waals surface area contributed by atoms with E-state index in [9.17, 15) is 4.79 Å². The molecular weight excluding hydrogens is 348 g/mol. The lowest BCUT2D eigenvalue weighted by Crippen LogP contribution is -2.32. The molecule has 1 aromatic rings. The summed E-state index contributed by atoms with van der Waals surface area (Å²) in [6.45, 7) is 1.85. The summed E-state index contributed by atoms with van der Waals surface area (Å²) in [6, 6.07) is 8.69. The average molecular weight is 371 g/mol. The SMILES string of the molecule is O=C(CC1CCCN1)NCCCCSc1ccccc1Br. The Balaban J connectivity index is 1.50. The van der Waals surface area contributed by atoms with Gasteiger partial charge in [0, 0.05) is 28.4 Å². The van der Waals surface area contributed by atoms with Gasteiger partial charge < -0.3 is 10.6 Å². The molecule has 5 heteroatoms. The lowest BCUT2D eigenvalue weighted by atomic mass is 10.1. The minimum Gasteiger partial charge on any atom is -0.356 e. The normalized spacial score (nSPS) is 17.9. The molecule has 0 radical (unpaired) electrons. The molecule has 3 nitrogen and oxygen atoms in total. The molecule has 0 aliphatic carbocycles. The zero-order chi connectivity index (χ0) is 14.9. The molecule has 0 bridgehead atoms. The van der Waals surface area contributed by atoms with Crippen LogP contribution in [0, 0.1) is 0 Å². The van der Waals surface area contributed by atoms with E-state index >= 15 is 0 Å². The van der Waals surface area contributed by atoms with Crippen LogP contribution < -0.4 is 10.6 Å². The van der Waals surface area contributed by atoms with Crippen LogP contribution in [0.4, 0.5) is 0 Å². The Morgan fingerprint density at radius 1 is 1.38 bits per heavy atom. The first-order valence-electron chi connectivity index (χ1n) is 7.63. The Labute approximate surface area is 139 Å². The summed E-state index contributed by atoms with van der Waals surface area (Å²) in [7, 11) is 0. The van der Waals surface area contributed by atoms with Crippen molar-refractivity contribution >= 4 is 33.6 Å². The van der Waals surface area contributed by atoms with Gasteiger partial charge in [-0.15, -0.1) is 11.8 Å². The third-order valence-electron chi connectivity index (χ3n) is 3.58. The van der Waals surface area contributed by atoms with E-state index in [-0.39, 0.29) is 5.91 Å². The molecule has 1 heterocycles. The van der Waals surface area contributed by atoms with Crippen molar-refractivity contribution < 1.29 is 4.79 Å². The van der Waals surface area contributed by atoms with E-state index in [0.717, 1.165) is 42.6 Å². The van der Waals surface area contributed by atoms with E-state index in [1.165, 1.54) is 11.3 Å². The quantitative estimate of drug-likeness (QED) is 0.542. The van der Waals surface area contributed by atoms with Crippen molar-refractivity contribution in [2.24, 2.45) is 0 Å². The molecule has 1 aliphatic heterocycles. The Morgan fingerprint density at radius 3 is 3.00 bits per heavy atom. The van der Waals surface area contributed by atoms with Crippen molar-refractivity contribution in [1.29, 1.82) is 0 Å². The number of hydrogen-bond acceptors (Lipinski definition) is 3. The topological polar surface area (TPSA) is 41.1 Å². The highest BCUT2D eigenvalue weighted by Crippen LogP contribution is 2.27. The maximum absolute atomic E-state index is 11.7. The van der Waals surface area contributed by atoms with Crippen LogP contribution in [0.2, 0.25) is 0 Å². The predicted octanol–water partition coefficient (Wildman–Crippen LogP) is 3.58. The van der Waals surface area contributed by atoms with E-state index in [4.69, 9.17) is 0 Å². The van der Waals surface area contributed by atoms with Gasteiger partial charge in [0.25, 0.3) is 0 Å². The minimum atomic E-state index is 0.188. The van der Waals surface area contributed by atoms with Crippen LogP contribution in [-0.4, -0.2) is 30.8 Å². The van der Waals surface area contributed by atoms with Crippen molar-refractivity contribution in [1.82, 2.24) is 10.6 Å². The van der Waals surface area contributed by atoms with Crippen LogP contribution >= 0.6 is 27.7 Å². The van der Waals surface area contributed by atoms with Gasteiger partial charge in [0.15, 0.2) is 0 Å². The zero-order valence-electron chi connectivity index (χ0n) is 12.2. The summed E-state index contributed by atoms with van der Waals surface area (Å²) in [5.74, 6) is 1.27. The van der Waals surface area contributed by atoms with E-state index in [1.807, 2.05) is 17.8 Å². The lowest BCUT2D eigenvalue weighted by molar-refractivity contribution is -0.121. The molecule has 1 fully saturated rings. The predicted molar refractivity (Wildman–Crippen MR) is 92.8 cm³/mol. The van der Waals surface area contributed by atoms with Gasteiger partial charge in [-0.25, -0.2) is 0 Å². The van der Waals surface area contributed by atoms with E-state index < -0.39 is 0 Å². The summed E-state index contributed by atoms with van der Waals surface area (Å²) in [5.41, 5.74) is 0. The number of benzene rings is 1. The van der Waals surface area contributed by atoms with E-state index in [2.05, 4.69) is 44.8 Å². The second kappa shape index (κ2) is 9.49. The van der Waals surface area contributed by atoms with Crippen molar-refractivity contribution in [3.8, 4) is 0 Å². The van der Waals surface area contributed by atoms with Gasteiger partial charge in [-0.05, 0) is 66.0 Å². The minimum absolute atomic E-state index is 0.188. The number of unbranched alkanes of at least 4 members (excludes halogenated alkanes) is 1. The third-order valence-corrected chi connectivity index (χ3v) is 5.70. The third kappa shape index (κ3) is 6.41. The first kappa shape index (κ1) is 16.8. The molecule has 1 atom stereocenters. The Morgan fingerprint density at radius 2 is 2.24 bits per heavy atom. The second-order valence-corrected chi connectivity index (χ2v) is 7.32. The molecular formula is C16H23BrN2OS. The fourth-order valence-corrected chi connectivity index (χ4v) is 4.00. The number of hydrogen-bond donors (Lipinski definition) is 2. The van der Waals surface area contributed by atoms with Crippen LogP contribution in [-0.2, 0) is 4.79 Å². The van der Waals surface area contributed by atoms with Crippen LogP contribution in [0.3, 0.4) is 0 Å². The number of halogens is 1. The molecule has 0 saturated carbocycles. The number of thioether (sulfide) groups is 1. The molecule has 21 heavy (non-hydrogen) atoms. The zero-order valence-corrected chi connectivity index (χ0v) is 14.6. The first-order chi connectivity index (χ1) is 10.3. The molecule has 1 saturated heterocycles. The summed E-state index contributed by atoms with van der Waals surface area (Å²) in [4.78, 5) is 13.0. The summed E-state index contributed by atoms with van der Waals surface area (Å²) in [6.07, 6.45) is 5.13. The summed E-state index contributed by atoms with van der Waals surface area (Å²) in [5, 5.41) is 6.38. The van der Waals surface area contributed by atoms with Gasteiger partial charge in [-0.3, -0.25) is 4.79 Å². The molecule has 1 aliphatic rings. The molecule has 1 unspecified atom stereocenters. The standard InChI is InChI=1S/C16H23BrN2OS/c17-14-7-1-2-8-15(14)21-11-4-3-9-19-16(20)12-13-6-5-10-18-13/h1-2,7-8,13,18H,3-6,9-12H2,(H,19,20). The smallest absolute Gasteiger partial charge is 0.221 e. The molecule has 2 N–H and O–H groups in total. The number of carbonyl (C=O) groups is 1. The van der Waals surface area contributed by atoms with Gasteiger partial charge in [0.05, 0.1) is 0 Å². The number of nitrogens with one attached hydrogen (secondary N) is 2. The largest absolute Gasteiger partial charge is 0.356 e. The van der Waals surface area contributed by atoms with Gasteiger partial charge in [-0.1, -0.05) is 12.1 Å². The Bertz CT molecular complexity index is 450. The van der Waals surface area contributed by atoms with Crippen LogP contribution in [0.15, 0.2) is 33.6 Å². The first-order valence-corrected chi connectivity index (χ1v) is 9.41. The maximum atomic E-state index is 11.7. The number of carbonyl (C=O) groups excluding carboxylic acids is 1. The summed E-state index contributed by atoms with van der Waals surface area (Å²) < 4.78 is 1.16. The monoisotopic (exact) mass is 370 g/mol. The summed E-state index contributed by atoms with van der Waals surface area (Å²) >= 11 is 5.42. The Hall–Kier alpha value is -0.520. The van der Waals surface area contributed by atoms with Gasteiger partial charge in [0.1, 0.15) is 0 Å². The van der Waals surface area contributed by atoms with Gasteiger partial charge >= 0.3 is 0 Å². The fraction of sp³-hybridized carbons (Fsp3) is 0.562. The van der Waals surface area contributed by atoms with Crippen LogP contribution in [0.25, 0.3) is 0 Å². The van der Waals surface area contributed by atoms with Gasteiger partial charge in [-0.2, -0.15) is 0 Å². The van der Waals surface area contributed by atoms with E-state index in [1.54, 1.807) is 0 Å². The fourth-order valence-electron chi connectivity index (χ4n) is 2.43. The van der Waals surface area contributed by atoms with Crippen molar-refractivity contribution in [2.45, 2.75) is 43.0 Å². The average Bonchev–Trinajstić information content (AvgIpc) is 2.97. The van der Waals surface area contributed by atoms with E-state index in [0.29, 0.717) is 12.5 Å². The highest BCUT2D eigenvalue weighted by atomic mass is 79.9. The number of amides is 1. The van der Waals surface area contributed by atoms with Crippen molar-refractivity contribution in [3.05, 3.63) is 28.7 Å². The highest BCUT2D eigenvalue weighted by Gasteiger charge is 2.16. The molecule has 0 spiro atoms. The van der Waals surface area contributed by atoms with Crippen molar-refractivity contribution in [2.75, 3.05) is 18.8 Å². The lowest BCUT2D eigenvalue weighted by Gasteiger charge is -2.10.